The zero-order chi connectivity index (χ0) is 17.9. The summed E-state index contributed by atoms with van der Waals surface area (Å²) >= 11 is 0. The maximum absolute atomic E-state index is 12.8. The van der Waals surface area contributed by atoms with Gasteiger partial charge in [0.15, 0.2) is 0 Å². The minimum absolute atomic E-state index is 0.211. The first-order valence-electron chi connectivity index (χ1n) is 8.07. The number of nitrogens with two attached hydrogens (primary N) is 1. The van der Waals surface area contributed by atoms with Gasteiger partial charge >= 0.3 is 0 Å². The second-order valence-corrected chi connectivity index (χ2v) is 5.36. The number of hydrogen-bond acceptors (Lipinski definition) is 5. The van der Waals surface area contributed by atoms with Crippen LogP contribution in [0.15, 0.2) is 23.0 Å². The average Bonchev–Trinajstić information content (AvgIpc) is 2.58. The summed E-state index contributed by atoms with van der Waals surface area (Å²) in [6.45, 7) is 6.00. The minimum Gasteiger partial charge on any atom is -0.326 e. The SMILES string of the molecule is CC.Cc1nc2ccc(CN)cc2c(=O)n1C1CCC(=O)NC1=O. The summed E-state index contributed by atoms with van der Waals surface area (Å²) in [6, 6.07) is 4.57. The van der Waals surface area contributed by atoms with Crippen molar-refractivity contribution in [1.29, 1.82) is 0 Å². The molecule has 0 saturated carbocycles. The van der Waals surface area contributed by atoms with E-state index in [0.29, 0.717) is 29.7 Å². The lowest BCUT2D eigenvalue weighted by molar-refractivity contribution is -0.135. The number of benzene rings is 1. The molecule has 24 heavy (non-hydrogen) atoms. The van der Waals surface area contributed by atoms with E-state index in [1.54, 1.807) is 19.1 Å². The summed E-state index contributed by atoms with van der Waals surface area (Å²) in [5.41, 5.74) is 6.72. The van der Waals surface area contributed by atoms with E-state index in [1.807, 2.05) is 19.9 Å². The largest absolute Gasteiger partial charge is 0.326 e. The summed E-state index contributed by atoms with van der Waals surface area (Å²) in [6.07, 6.45) is 0.512. The maximum atomic E-state index is 12.8. The number of fused-ring (bicyclic) bond motifs is 1. The Morgan fingerprint density at radius 2 is 2.00 bits per heavy atom. The van der Waals surface area contributed by atoms with Crippen LogP contribution >= 0.6 is 0 Å². The van der Waals surface area contributed by atoms with E-state index in [4.69, 9.17) is 5.73 Å². The molecule has 7 heteroatoms. The first kappa shape index (κ1) is 17.8. The monoisotopic (exact) mass is 330 g/mol. The Morgan fingerprint density at radius 3 is 2.62 bits per heavy atom. The van der Waals surface area contributed by atoms with Gasteiger partial charge in [0.05, 0.1) is 10.9 Å². The van der Waals surface area contributed by atoms with Crippen LogP contribution in [0.1, 0.15) is 44.1 Å². The van der Waals surface area contributed by atoms with Gasteiger partial charge in [-0.2, -0.15) is 0 Å². The van der Waals surface area contributed by atoms with Crippen molar-refractivity contribution in [1.82, 2.24) is 14.9 Å². The molecule has 0 radical (unpaired) electrons. The molecule has 128 valence electrons. The van der Waals surface area contributed by atoms with E-state index in [2.05, 4.69) is 10.3 Å². The molecular weight excluding hydrogens is 308 g/mol. The third kappa shape index (κ3) is 3.21. The average molecular weight is 330 g/mol. The number of imide groups is 1. The summed E-state index contributed by atoms with van der Waals surface area (Å²) in [5, 5.41) is 2.70. The summed E-state index contributed by atoms with van der Waals surface area (Å²) < 4.78 is 1.37. The minimum atomic E-state index is -0.705. The molecule has 1 aliphatic heterocycles. The van der Waals surface area contributed by atoms with E-state index in [-0.39, 0.29) is 17.9 Å². The molecular formula is C17H22N4O3. The van der Waals surface area contributed by atoms with Crippen LogP contribution in [0.3, 0.4) is 0 Å². The topological polar surface area (TPSA) is 107 Å². The molecule has 0 spiro atoms. The molecule has 1 aromatic heterocycles. The highest BCUT2D eigenvalue weighted by Crippen LogP contribution is 2.20. The van der Waals surface area contributed by atoms with E-state index in [1.165, 1.54) is 4.57 Å². The van der Waals surface area contributed by atoms with E-state index in [9.17, 15) is 14.4 Å². The zero-order valence-electron chi connectivity index (χ0n) is 14.1. The number of amides is 2. The third-order valence-corrected chi connectivity index (χ3v) is 3.90. The van der Waals surface area contributed by atoms with E-state index < -0.39 is 11.9 Å². The highest BCUT2D eigenvalue weighted by atomic mass is 16.2. The number of aromatic nitrogens is 2. The van der Waals surface area contributed by atoms with Gasteiger partial charge in [-0.25, -0.2) is 4.98 Å². The van der Waals surface area contributed by atoms with Gasteiger partial charge in [0.1, 0.15) is 11.9 Å². The van der Waals surface area contributed by atoms with Crippen molar-refractivity contribution in [3.05, 3.63) is 39.9 Å². The Kier molecular flexibility index (Phi) is 5.46. The van der Waals surface area contributed by atoms with Crippen molar-refractivity contribution in [3.63, 3.8) is 0 Å². The van der Waals surface area contributed by atoms with Crippen molar-refractivity contribution >= 4 is 22.7 Å². The van der Waals surface area contributed by atoms with E-state index >= 15 is 0 Å². The highest BCUT2D eigenvalue weighted by molar-refractivity contribution is 5.99. The van der Waals surface area contributed by atoms with Crippen LogP contribution in [0.2, 0.25) is 0 Å². The molecule has 3 rings (SSSR count). The summed E-state index contributed by atoms with van der Waals surface area (Å²) in [5.74, 6) is -0.323. The van der Waals surface area contributed by atoms with Crippen molar-refractivity contribution in [2.75, 3.05) is 0 Å². The van der Waals surface area contributed by atoms with Crippen LogP contribution in [0.4, 0.5) is 0 Å². The molecule has 1 saturated heterocycles. The second kappa shape index (κ2) is 7.35. The van der Waals surface area contributed by atoms with Crippen LogP contribution in [0.5, 0.6) is 0 Å². The molecule has 3 N–H and O–H groups in total. The number of carbonyl (C=O) groups excluding carboxylic acids is 2. The van der Waals surface area contributed by atoms with Gasteiger partial charge in [-0.1, -0.05) is 19.9 Å². The fourth-order valence-electron chi connectivity index (χ4n) is 2.78. The predicted octanol–water partition coefficient (Wildman–Crippen LogP) is 1.17. The fourth-order valence-corrected chi connectivity index (χ4v) is 2.78. The Bertz CT molecular complexity index is 842. The number of nitrogens with zero attached hydrogens (tertiary/aromatic N) is 2. The van der Waals surface area contributed by atoms with Crippen molar-refractivity contribution in [3.8, 4) is 0 Å². The van der Waals surface area contributed by atoms with Gasteiger partial charge in [0.25, 0.3) is 5.56 Å². The van der Waals surface area contributed by atoms with Gasteiger partial charge in [-0.15, -0.1) is 0 Å². The first-order valence-corrected chi connectivity index (χ1v) is 8.07. The lowest BCUT2D eigenvalue weighted by Gasteiger charge is -2.24. The molecule has 1 unspecified atom stereocenters. The van der Waals surface area contributed by atoms with Crippen molar-refractivity contribution in [2.45, 2.75) is 46.2 Å². The molecule has 2 heterocycles. The van der Waals surface area contributed by atoms with Gasteiger partial charge in [0, 0.05) is 13.0 Å². The van der Waals surface area contributed by atoms with Crippen LogP contribution in [-0.2, 0) is 16.1 Å². The molecule has 0 aliphatic carbocycles. The number of aryl methyl sites for hydroxylation is 1. The third-order valence-electron chi connectivity index (χ3n) is 3.90. The maximum Gasteiger partial charge on any atom is 0.262 e. The second-order valence-electron chi connectivity index (χ2n) is 5.36. The molecule has 2 aromatic rings. The molecule has 1 fully saturated rings. The Balaban J connectivity index is 0.00000100. The van der Waals surface area contributed by atoms with Gasteiger partial charge in [0.2, 0.25) is 11.8 Å². The standard InChI is InChI=1S/C15H16N4O3.C2H6/c1-8-17-11-3-2-9(7-16)6-10(11)15(22)19(8)12-4-5-13(20)18-14(12)21;1-2/h2-3,6,12H,4-5,7,16H2,1H3,(H,18,20,21);1-2H3. The van der Waals surface area contributed by atoms with Crippen LogP contribution in [0, 0.1) is 6.92 Å². The molecule has 1 aromatic carbocycles. The Labute approximate surface area is 139 Å². The van der Waals surface area contributed by atoms with Crippen molar-refractivity contribution in [2.24, 2.45) is 5.73 Å². The van der Waals surface area contributed by atoms with Crippen molar-refractivity contribution < 1.29 is 9.59 Å². The fraction of sp³-hybridized carbons (Fsp3) is 0.412. The lowest BCUT2D eigenvalue weighted by Crippen LogP contribution is -2.45. The van der Waals surface area contributed by atoms with Crippen LogP contribution in [-0.4, -0.2) is 21.4 Å². The Morgan fingerprint density at radius 1 is 1.29 bits per heavy atom. The first-order chi connectivity index (χ1) is 11.5. The number of hydrogen-bond donors (Lipinski definition) is 2. The molecule has 0 bridgehead atoms. The predicted molar refractivity (Wildman–Crippen MR) is 91.4 cm³/mol. The molecule has 2 amide bonds. The number of carbonyl (C=O) groups is 2. The molecule has 1 aliphatic rings. The number of piperidine rings is 1. The van der Waals surface area contributed by atoms with Crippen LogP contribution < -0.4 is 16.6 Å². The number of rotatable bonds is 2. The van der Waals surface area contributed by atoms with E-state index in [0.717, 1.165) is 5.56 Å². The molecule has 7 nitrogen and oxygen atoms in total. The van der Waals surface area contributed by atoms with Crippen LogP contribution in [0.25, 0.3) is 10.9 Å². The van der Waals surface area contributed by atoms with Gasteiger partial charge in [-0.3, -0.25) is 24.3 Å². The number of nitrogens with one attached hydrogen (secondary N) is 1. The zero-order valence-corrected chi connectivity index (χ0v) is 14.1. The normalized spacial score (nSPS) is 17.2. The summed E-state index contributed by atoms with van der Waals surface area (Å²) in [4.78, 5) is 40.5. The quantitative estimate of drug-likeness (QED) is 0.804. The highest BCUT2D eigenvalue weighted by Gasteiger charge is 2.30. The smallest absolute Gasteiger partial charge is 0.262 e. The van der Waals surface area contributed by atoms with Gasteiger partial charge < -0.3 is 5.73 Å². The lowest BCUT2D eigenvalue weighted by atomic mass is 10.0. The summed E-state index contributed by atoms with van der Waals surface area (Å²) in [7, 11) is 0. The Hall–Kier alpha value is -2.54. The van der Waals surface area contributed by atoms with Gasteiger partial charge in [-0.05, 0) is 31.0 Å². The molecule has 1 atom stereocenters.